The van der Waals surface area contributed by atoms with E-state index in [4.69, 9.17) is 10.2 Å². The molecule has 0 radical (unpaired) electrons. The first-order valence-corrected chi connectivity index (χ1v) is 9.47. The maximum atomic E-state index is 12.8. The Morgan fingerprint density at radius 1 is 1.29 bits per heavy atom. The molecule has 4 heterocycles. The van der Waals surface area contributed by atoms with Crippen LogP contribution in [0.25, 0.3) is 17.2 Å². The minimum absolute atomic E-state index is 0.123. The number of hydrogen-bond acceptors (Lipinski definition) is 6. The molecule has 0 aliphatic carbocycles. The van der Waals surface area contributed by atoms with Crippen LogP contribution in [0.2, 0.25) is 0 Å². The maximum Gasteiger partial charge on any atom is 0.252 e. The summed E-state index contributed by atoms with van der Waals surface area (Å²) in [6, 6.07) is 10.4. The number of furan rings is 1. The fourth-order valence-corrected chi connectivity index (χ4v) is 3.24. The quantitative estimate of drug-likeness (QED) is 0.490. The molecular weight excluding hydrogens is 424 g/mol. The Morgan fingerprint density at radius 2 is 2.07 bits per heavy atom. The van der Waals surface area contributed by atoms with E-state index in [9.17, 15) is 4.79 Å². The SMILES string of the molecule is CCC(NC(=O)c1cc(N)n2nc(-c3ccc(Br)o3)nc2c1)c1ccncc1. The Balaban J connectivity index is 1.64. The number of amides is 1. The van der Waals surface area contributed by atoms with Crippen LogP contribution in [0.5, 0.6) is 0 Å². The molecule has 0 aromatic carbocycles. The van der Waals surface area contributed by atoms with E-state index in [0.29, 0.717) is 33.3 Å². The highest BCUT2D eigenvalue weighted by Crippen LogP contribution is 2.24. The number of nitrogens with zero attached hydrogens (tertiary/aromatic N) is 4. The molecule has 0 saturated heterocycles. The number of anilines is 1. The molecular formula is C19H17BrN6O2. The second-order valence-electron chi connectivity index (χ2n) is 6.19. The van der Waals surface area contributed by atoms with Crippen molar-refractivity contribution in [1.29, 1.82) is 0 Å². The van der Waals surface area contributed by atoms with E-state index in [1.165, 1.54) is 4.52 Å². The molecule has 4 aromatic rings. The van der Waals surface area contributed by atoms with Crippen molar-refractivity contribution in [1.82, 2.24) is 24.9 Å². The van der Waals surface area contributed by atoms with Crippen LogP contribution in [-0.4, -0.2) is 25.5 Å². The van der Waals surface area contributed by atoms with Crippen molar-refractivity contribution in [2.24, 2.45) is 0 Å². The van der Waals surface area contributed by atoms with E-state index in [0.717, 1.165) is 12.0 Å². The monoisotopic (exact) mass is 440 g/mol. The van der Waals surface area contributed by atoms with E-state index in [2.05, 4.69) is 36.3 Å². The number of nitrogens with one attached hydrogen (secondary N) is 1. The molecule has 4 aromatic heterocycles. The summed E-state index contributed by atoms with van der Waals surface area (Å²) in [6.45, 7) is 2.01. The van der Waals surface area contributed by atoms with Gasteiger partial charge in [0.05, 0.1) is 6.04 Å². The zero-order valence-electron chi connectivity index (χ0n) is 15.0. The van der Waals surface area contributed by atoms with Crippen LogP contribution in [0, 0.1) is 0 Å². The highest BCUT2D eigenvalue weighted by molar-refractivity contribution is 9.10. The number of nitrogen functional groups attached to an aromatic ring is 1. The molecule has 9 heteroatoms. The number of halogens is 1. The summed E-state index contributed by atoms with van der Waals surface area (Å²) < 4.78 is 7.54. The average Bonchev–Trinajstić information content (AvgIpc) is 3.33. The first kappa shape index (κ1) is 18.2. The summed E-state index contributed by atoms with van der Waals surface area (Å²) in [4.78, 5) is 21.2. The number of rotatable bonds is 5. The summed E-state index contributed by atoms with van der Waals surface area (Å²) in [5, 5.41) is 7.38. The summed E-state index contributed by atoms with van der Waals surface area (Å²) >= 11 is 3.26. The molecule has 1 amide bonds. The van der Waals surface area contributed by atoms with Crippen molar-refractivity contribution in [3.8, 4) is 11.6 Å². The number of aromatic nitrogens is 4. The van der Waals surface area contributed by atoms with Gasteiger partial charge in [0, 0.05) is 18.0 Å². The fraction of sp³-hybridized carbons (Fsp3) is 0.158. The normalized spacial score (nSPS) is 12.2. The van der Waals surface area contributed by atoms with Gasteiger partial charge in [-0.3, -0.25) is 9.78 Å². The smallest absolute Gasteiger partial charge is 0.252 e. The fourth-order valence-electron chi connectivity index (χ4n) is 2.94. The molecule has 0 aliphatic heterocycles. The lowest BCUT2D eigenvalue weighted by molar-refractivity contribution is 0.0935. The third kappa shape index (κ3) is 3.48. The van der Waals surface area contributed by atoms with Gasteiger partial charge >= 0.3 is 0 Å². The van der Waals surface area contributed by atoms with Crippen molar-refractivity contribution in [3.05, 3.63) is 64.6 Å². The van der Waals surface area contributed by atoms with Gasteiger partial charge in [0.25, 0.3) is 5.91 Å². The molecule has 1 atom stereocenters. The van der Waals surface area contributed by atoms with Crippen molar-refractivity contribution >= 4 is 33.3 Å². The molecule has 0 saturated carbocycles. The summed E-state index contributed by atoms with van der Waals surface area (Å²) in [5.74, 6) is 0.968. The maximum absolute atomic E-state index is 12.8. The first-order valence-electron chi connectivity index (χ1n) is 8.68. The molecule has 0 spiro atoms. The van der Waals surface area contributed by atoms with Crippen molar-refractivity contribution < 1.29 is 9.21 Å². The van der Waals surface area contributed by atoms with Gasteiger partial charge in [0.2, 0.25) is 5.82 Å². The van der Waals surface area contributed by atoms with Crippen molar-refractivity contribution in [2.75, 3.05) is 5.73 Å². The van der Waals surface area contributed by atoms with Crippen molar-refractivity contribution in [2.45, 2.75) is 19.4 Å². The van der Waals surface area contributed by atoms with Gasteiger partial charge in [-0.1, -0.05) is 6.92 Å². The molecule has 0 aliphatic rings. The van der Waals surface area contributed by atoms with Crippen LogP contribution in [0.4, 0.5) is 5.82 Å². The third-order valence-electron chi connectivity index (χ3n) is 4.34. The number of nitrogens with two attached hydrogens (primary N) is 1. The average molecular weight is 441 g/mol. The van der Waals surface area contributed by atoms with Crippen molar-refractivity contribution in [3.63, 3.8) is 0 Å². The number of carbonyl (C=O) groups is 1. The second-order valence-corrected chi connectivity index (χ2v) is 6.97. The molecule has 1 unspecified atom stereocenters. The zero-order valence-corrected chi connectivity index (χ0v) is 16.5. The molecule has 0 fully saturated rings. The van der Waals surface area contributed by atoms with E-state index in [1.807, 2.05) is 19.1 Å². The number of carbonyl (C=O) groups excluding carboxylic acids is 1. The van der Waals surface area contributed by atoms with Gasteiger partial charge in [-0.15, -0.1) is 5.10 Å². The number of fused-ring (bicyclic) bond motifs is 1. The Hall–Kier alpha value is -3.20. The van der Waals surface area contributed by atoms with Crippen LogP contribution in [0.1, 0.15) is 35.3 Å². The zero-order chi connectivity index (χ0) is 19.7. The van der Waals surface area contributed by atoms with Crippen LogP contribution in [0.15, 0.2) is 57.9 Å². The molecule has 0 bridgehead atoms. The Morgan fingerprint density at radius 3 is 2.75 bits per heavy atom. The van der Waals surface area contributed by atoms with Crippen LogP contribution < -0.4 is 11.1 Å². The molecule has 3 N–H and O–H groups in total. The molecule has 28 heavy (non-hydrogen) atoms. The Labute approximate surface area is 168 Å². The van der Waals surface area contributed by atoms with E-state index < -0.39 is 0 Å². The first-order chi connectivity index (χ1) is 13.5. The minimum Gasteiger partial charge on any atom is -0.446 e. The third-order valence-corrected chi connectivity index (χ3v) is 4.77. The topological polar surface area (TPSA) is 111 Å². The van der Waals surface area contributed by atoms with Gasteiger partial charge in [-0.2, -0.15) is 4.52 Å². The van der Waals surface area contributed by atoms with Gasteiger partial charge < -0.3 is 15.5 Å². The van der Waals surface area contributed by atoms with Crippen LogP contribution in [0.3, 0.4) is 0 Å². The molecule has 4 rings (SSSR count). The second kappa shape index (κ2) is 7.43. The lowest BCUT2D eigenvalue weighted by Crippen LogP contribution is -2.28. The molecule has 142 valence electrons. The van der Waals surface area contributed by atoms with Gasteiger partial charge in [0.1, 0.15) is 5.82 Å². The lowest BCUT2D eigenvalue weighted by atomic mass is 10.1. The summed E-state index contributed by atoms with van der Waals surface area (Å²) in [5.41, 5.74) is 7.97. The largest absolute Gasteiger partial charge is 0.446 e. The van der Waals surface area contributed by atoms with E-state index in [-0.39, 0.29) is 11.9 Å². The standard InChI is InChI=1S/C19H17BrN6O2/c1-2-13(11-5-7-22-8-6-11)23-19(27)12-9-16(21)26-17(10-12)24-18(25-26)14-3-4-15(20)28-14/h3-10,13H,2,21H2,1H3,(H,23,27). The number of pyridine rings is 2. The summed E-state index contributed by atoms with van der Waals surface area (Å²) in [7, 11) is 0. The van der Waals surface area contributed by atoms with E-state index in [1.54, 1.807) is 36.7 Å². The minimum atomic E-state index is -0.233. The van der Waals surface area contributed by atoms with Crippen LogP contribution >= 0.6 is 15.9 Å². The Bertz CT molecular complexity index is 1140. The molecule has 8 nitrogen and oxygen atoms in total. The summed E-state index contributed by atoms with van der Waals surface area (Å²) in [6.07, 6.45) is 4.16. The Kier molecular flexibility index (Phi) is 4.82. The predicted molar refractivity (Wildman–Crippen MR) is 108 cm³/mol. The highest BCUT2D eigenvalue weighted by Gasteiger charge is 2.18. The van der Waals surface area contributed by atoms with E-state index >= 15 is 0 Å². The lowest BCUT2D eigenvalue weighted by Gasteiger charge is -2.17. The number of hydrogen-bond donors (Lipinski definition) is 2. The predicted octanol–water partition coefficient (Wildman–Crippen LogP) is 3.61. The van der Waals surface area contributed by atoms with Gasteiger partial charge in [-0.05, 0) is 64.3 Å². The van der Waals surface area contributed by atoms with Gasteiger partial charge in [-0.25, -0.2) is 4.98 Å². The van der Waals surface area contributed by atoms with Gasteiger partial charge in [0.15, 0.2) is 16.1 Å². The highest BCUT2D eigenvalue weighted by atomic mass is 79.9. The van der Waals surface area contributed by atoms with Crippen LogP contribution in [-0.2, 0) is 0 Å².